The average molecular weight is 444 g/mol. The van der Waals surface area contributed by atoms with Gasteiger partial charge in [0.2, 0.25) is 5.91 Å². The summed E-state index contributed by atoms with van der Waals surface area (Å²) in [7, 11) is 0. The van der Waals surface area contributed by atoms with Crippen molar-refractivity contribution in [3.05, 3.63) is 58.8 Å². The van der Waals surface area contributed by atoms with Crippen LogP contribution in [0.2, 0.25) is 0 Å². The van der Waals surface area contributed by atoms with Gasteiger partial charge in [0.25, 0.3) is 0 Å². The van der Waals surface area contributed by atoms with Crippen molar-refractivity contribution in [3.63, 3.8) is 0 Å². The predicted octanol–water partition coefficient (Wildman–Crippen LogP) is 4.91. The van der Waals surface area contributed by atoms with E-state index in [4.69, 9.17) is 16.3 Å². The molecule has 0 spiro atoms. The Morgan fingerprint density at radius 1 is 1.12 bits per heavy atom. The molecule has 0 heterocycles. The summed E-state index contributed by atoms with van der Waals surface area (Å²) in [5, 5.41) is 0. The maximum absolute atomic E-state index is 13.3. The summed E-state index contributed by atoms with van der Waals surface area (Å²) in [6.07, 6.45) is -0.805. The van der Waals surface area contributed by atoms with Crippen LogP contribution in [0.25, 0.3) is 0 Å². The first-order chi connectivity index (χ1) is 12.4. The number of ether oxygens (including phenoxy) is 1. The molecule has 0 saturated carbocycles. The highest BCUT2D eigenvalue weighted by Crippen LogP contribution is 2.27. The van der Waals surface area contributed by atoms with Gasteiger partial charge in [-0.15, -0.1) is 0 Å². The molecular weight excluding hydrogens is 427 g/mol. The van der Waals surface area contributed by atoms with Gasteiger partial charge in [0.1, 0.15) is 5.82 Å². The van der Waals surface area contributed by atoms with Gasteiger partial charge in [-0.25, -0.2) is 14.1 Å². The largest absolute Gasteiger partial charge is 0.433 e. The SMILES string of the molecule is CC(=O)N(CCN(c1ccc(F)cc1)c1cccc(Br)c1)C(=O)OCCl. The van der Waals surface area contributed by atoms with Crippen molar-refractivity contribution in [1.82, 2.24) is 4.90 Å². The lowest BCUT2D eigenvalue weighted by atomic mass is 10.2. The van der Waals surface area contributed by atoms with Crippen molar-refractivity contribution in [3.8, 4) is 0 Å². The molecule has 0 fully saturated rings. The van der Waals surface area contributed by atoms with Crippen LogP contribution in [0.5, 0.6) is 0 Å². The number of nitrogens with zero attached hydrogens (tertiary/aromatic N) is 2. The van der Waals surface area contributed by atoms with Crippen LogP contribution in [0.1, 0.15) is 6.92 Å². The van der Waals surface area contributed by atoms with Crippen molar-refractivity contribution in [2.45, 2.75) is 6.92 Å². The van der Waals surface area contributed by atoms with E-state index in [1.165, 1.54) is 19.1 Å². The number of hydrogen-bond acceptors (Lipinski definition) is 4. The fraction of sp³-hybridized carbons (Fsp3) is 0.222. The number of alkyl halides is 1. The zero-order chi connectivity index (χ0) is 19.1. The number of halogens is 3. The molecule has 2 rings (SSSR count). The third-order valence-corrected chi connectivity index (χ3v) is 4.19. The Balaban J connectivity index is 2.27. The van der Waals surface area contributed by atoms with Crippen molar-refractivity contribution >= 4 is 50.9 Å². The third kappa shape index (κ3) is 5.44. The lowest BCUT2D eigenvalue weighted by Crippen LogP contribution is -2.40. The molecule has 0 aliphatic rings. The van der Waals surface area contributed by atoms with E-state index < -0.39 is 12.0 Å². The van der Waals surface area contributed by atoms with E-state index in [0.717, 1.165) is 20.7 Å². The summed E-state index contributed by atoms with van der Waals surface area (Å²) in [4.78, 5) is 26.5. The Bertz CT molecular complexity index is 773. The van der Waals surface area contributed by atoms with Crippen molar-refractivity contribution in [2.75, 3.05) is 24.1 Å². The fourth-order valence-corrected chi connectivity index (χ4v) is 2.85. The highest BCUT2D eigenvalue weighted by atomic mass is 79.9. The van der Waals surface area contributed by atoms with Gasteiger partial charge in [0, 0.05) is 35.9 Å². The molecule has 0 radical (unpaired) electrons. The highest BCUT2D eigenvalue weighted by Gasteiger charge is 2.21. The molecule has 8 heteroatoms. The number of benzene rings is 2. The van der Waals surface area contributed by atoms with Gasteiger partial charge in [-0.1, -0.05) is 33.6 Å². The Hall–Kier alpha value is -2.12. The smallest absolute Gasteiger partial charge is 0.417 e. The van der Waals surface area contributed by atoms with E-state index >= 15 is 0 Å². The number of imide groups is 1. The van der Waals surface area contributed by atoms with Crippen molar-refractivity contribution in [2.24, 2.45) is 0 Å². The van der Waals surface area contributed by atoms with Crippen molar-refractivity contribution in [1.29, 1.82) is 0 Å². The summed E-state index contributed by atoms with van der Waals surface area (Å²) in [6.45, 7) is 1.64. The molecule has 0 aromatic heterocycles. The number of hydrogen-bond donors (Lipinski definition) is 0. The molecule has 0 aliphatic heterocycles. The van der Waals surface area contributed by atoms with Crippen molar-refractivity contribution < 1.29 is 18.7 Å². The number of anilines is 2. The van der Waals surface area contributed by atoms with E-state index in [2.05, 4.69) is 15.9 Å². The number of rotatable bonds is 6. The molecule has 5 nitrogen and oxygen atoms in total. The summed E-state index contributed by atoms with van der Waals surface area (Å²) >= 11 is 8.82. The first kappa shape index (κ1) is 20.2. The first-order valence-corrected chi connectivity index (χ1v) is 9.04. The summed E-state index contributed by atoms with van der Waals surface area (Å²) in [6, 6.07) is 13.1. The average Bonchev–Trinajstić information content (AvgIpc) is 2.59. The lowest BCUT2D eigenvalue weighted by Gasteiger charge is -2.28. The van der Waals surface area contributed by atoms with Crippen LogP contribution in [0.3, 0.4) is 0 Å². The summed E-state index contributed by atoms with van der Waals surface area (Å²) in [5.74, 6) is -0.799. The maximum Gasteiger partial charge on any atom is 0.417 e. The van der Waals surface area contributed by atoms with Crippen LogP contribution in [0.4, 0.5) is 20.6 Å². The second-order valence-electron chi connectivity index (χ2n) is 5.30. The number of carbonyl (C=O) groups is 2. The van der Waals surface area contributed by atoms with E-state index in [1.807, 2.05) is 29.2 Å². The predicted molar refractivity (Wildman–Crippen MR) is 102 cm³/mol. The number of amides is 2. The summed E-state index contributed by atoms with van der Waals surface area (Å²) < 4.78 is 18.8. The van der Waals surface area contributed by atoms with Crippen LogP contribution < -0.4 is 4.90 Å². The van der Waals surface area contributed by atoms with Crippen LogP contribution in [0, 0.1) is 5.82 Å². The van der Waals surface area contributed by atoms with Gasteiger partial charge in [-0.05, 0) is 42.5 Å². The highest BCUT2D eigenvalue weighted by molar-refractivity contribution is 9.10. The molecule has 138 valence electrons. The molecule has 0 unspecified atom stereocenters. The van der Waals surface area contributed by atoms with Crippen LogP contribution >= 0.6 is 27.5 Å². The topological polar surface area (TPSA) is 49.9 Å². The molecular formula is C18H17BrClFN2O3. The van der Waals surface area contributed by atoms with Crippen LogP contribution in [-0.4, -0.2) is 36.1 Å². The minimum absolute atomic E-state index is 0.0783. The van der Waals surface area contributed by atoms with Gasteiger partial charge < -0.3 is 9.64 Å². The van der Waals surface area contributed by atoms with Crippen LogP contribution in [-0.2, 0) is 9.53 Å². The van der Waals surface area contributed by atoms with Crippen LogP contribution in [0.15, 0.2) is 53.0 Å². The zero-order valence-corrected chi connectivity index (χ0v) is 16.3. The summed E-state index contributed by atoms with van der Waals surface area (Å²) in [5.41, 5.74) is 1.54. The van der Waals surface area contributed by atoms with Gasteiger partial charge in [-0.3, -0.25) is 4.79 Å². The molecule has 2 aromatic carbocycles. The first-order valence-electron chi connectivity index (χ1n) is 7.72. The van der Waals surface area contributed by atoms with Gasteiger partial charge in [0.05, 0.1) is 0 Å². The Labute approximate surface area is 164 Å². The lowest BCUT2D eigenvalue weighted by molar-refractivity contribution is -0.126. The van der Waals surface area contributed by atoms with Gasteiger partial charge >= 0.3 is 6.09 Å². The van der Waals surface area contributed by atoms with E-state index in [1.54, 1.807) is 12.1 Å². The third-order valence-electron chi connectivity index (χ3n) is 3.58. The standard InChI is InChI=1S/C18H17BrClFN2O3/c1-13(24)22(18(25)26-12-20)9-10-23(16-7-5-15(21)6-8-16)17-4-2-3-14(19)11-17/h2-8,11H,9-10,12H2,1H3. The zero-order valence-electron chi connectivity index (χ0n) is 14.0. The molecule has 0 N–H and O–H groups in total. The van der Waals surface area contributed by atoms with Gasteiger partial charge in [-0.2, -0.15) is 0 Å². The molecule has 2 aromatic rings. The second-order valence-corrected chi connectivity index (χ2v) is 6.43. The molecule has 0 saturated heterocycles. The van der Waals surface area contributed by atoms with E-state index in [9.17, 15) is 14.0 Å². The molecule has 26 heavy (non-hydrogen) atoms. The molecule has 0 atom stereocenters. The fourth-order valence-electron chi connectivity index (χ4n) is 2.37. The Morgan fingerprint density at radius 3 is 2.38 bits per heavy atom. The van der Waals surface area contributed by atoms with Gasteiger partial charge in [0.15, 0.2) is 6.07 Å². The monoisotopic (exact) mass is 442 g/mol. The quantitative estimate of drug-likeness (QED) is 0.595. The minimum atomic E-state index is -0.805. The number of carbonyl (C=O) groups excluding carboxylic acids is 2. The maximum atomic E-state index is 13.3. The molecule has 2 amide bonds. The normalized spacial score (nSPS) is 10.3. The Morgan fingerprint density at radius 2 is 1.81 bits per heavy atom. The second kappa shape index (κ2) is 9.54. The van der Waals surface area contributed by atoms with E-state index in [-0.39, 0.29) is 18.4 Å². The van der Waals surface area contributed by atoms with E-state index in [0.29, 0.717) is 6.54 Å². The molecule has 0 aliphatic carbocycles. The Kier molecular flexibility index (Phi) is 7.41. The molecule has 0 bridgehead atoms. The minimum Gasteiger partial charge on any atom is -0.433 e.